The molecule has 5 rings (SSSR count). The van der Waals surface area contributed by atoms with Gasteiger partial charge in [-0.3, -0.25) is 0 Å². The van der Waals surface area contributed by atoms with E-state index in [4.69, 9.17) is 0 Å². The molecule has 0 aliphatic carbocycles. The van der Waals surface area contributed by atoms with Crippen LogP contribution in [0.2, 0.25) is 0 Å². The average Bonchev–Trinajstić information content (AvgIpc) is 3.55. The summed E-state index contributed by atoms with van der Waals surface area (Å²) < 4.78 is 342. The van der Waals surface area contributed by atoms with Gasteiger partial charge < -0.3 is 9.47 Å². The minimum absolute atomic E-state index is 0.0555. The molecule has 5 aromatic carbocycles. The number of benzene rings is 5. The fourth-order valence-corrected chi connectivity index (χ4v) is 7.57. The highest BCUT2D eigenvalue weighted by molar-refractivity contribution is 9.10. The highest BCUT2D eigenvalue weighted by atomic mass is 79.9. The maximum Gasteiger partial charge on any atom is 0.573 e. The smallest absolute Gasteiger partial charge is 0.428 e. The zero-order valence-electron chi connectivity index (χ0n) is 46.0. The molecule has 0 unspecified atom stereocenters. The van der Waals surface area contributed by atoms with Gasteiger partial charge in [-0.25, -0.2) is 8.78 Å². The zero-order chi connectivity index (χ0) is 67.4. The van der Waals surface area contributed by atoms with Crippen LogP contribution in [0.5, 0.6) is 11.5 Å². The van der Waals surface area contributed by atoms with Gasteiger partial charge in [0.25, 0.3) is 6.43 Å². The molecule has 0 aliphatic rings. The van der Waals surface area contributed by atoms with Crippen LogP contribution in [-0.2, 0) is 30.9 Å². The van der Waals surface area contributed by atoms with Crippen molar-refractivity contribution in [2.75, 3.05) is 0 Å². The summed E-state index contributed by atoms with van der Waals surface area (Å²) in [6.07, 6.45) is -39.9. The fourth-order valence-electron chi connectivity index (χ4n) is 6.41. The van der Waals surface area contributed by atoms with E-state index in [1.807, 2.05) is 13.8 Å². The van der Waals surface area contributed by atoms with Crippen LogP contribution in [0.3, 0.4) is 0 Å². The van der Waals surface area contributed by atoms with Crippen LogP contribution in [0.1, 0.15) is 166 Å². The highest BCUT2D eigenvalue weighted by Crippen LogP contribution is 2.43. The predicted octanol–water partition coefficient (Wildman–Crippen LogP) is 24.6. The number of alkyl halides is 27. The van der Waals surface area contributed by atoms with Gasteiger partial charge in [0.1, 0.15) is 11.5 Å². The zero-order valence-corrected chi connectivity index (χ0v) is 48.4. The van der Waals surface area contributed by atoms with E-state index in [0.29, 0.717) is 28.2 Å². The van der Waals surface area contributed by atoms with Gasteiger partial charge in [0.05, 0.1) is 27.8 Å². The second kappa shape index (κ2) is 30.7. The molecule has 0 spiro atoms. The molecule has 0 saturated heterocycles. The molecule has 0 fully saturated rings. The average molecular weight is 1370 g/mol. The van der Waals surface area contributed by atoms with Crippen LogP contribution in [0, 0.1) is 0 Å². The second-order valence-electron chi connectivity index (χ2n) is 19.7. The van der Waals surface area contributed by atoms with E-state index in [1.54, 1.807) is 47.6 Å². The standard InChI is InChI=1S/C12H11F7O.C11H10F6O.C11H10F6S.C11H11F5.C10H10BrF3/c1-6(2)7-3-8(11(15,16)17)5-9(4-7)20-12(18,19)10(13)14;2*1-6(2)7-3-8(10(12,13)14)5-9(4-7)18-11(15,16)17;1-6(2)7-3-8(10(12)13)5-9(4-7)11(14,15)16;1-6(2)7-3-8(10(12,13)14)5-9(11)4-7/h3-6,10H,1-2H3;2*3-6H,1-2H3;3-6,10H,1-2H3;3-6H,1-2H3. The van der Waals surface area contributed by atoms with Gasteiger partial charge in [0.15, 0.2) is 0 Å². The lowest BCUT2D eigenvalue weighted by Gasteiger charge is -2.19. The largest absolute Gasteiger partial charge is 0.573 e. The quantitative estimate of drug-likeness (QED) is 0.0970. The fraction of sp³-hybridized carbons (Fsp3) is 0.455. The molecule has 0 bridgehead atoms. The van der Waals surface area contributed by atoms with Crippen LogP contribution >= 0.6 is 27.7 Å². The Morgan fingerprint density at radius 3 is 0.907 bits per heavy atom. The van der Waals surface area contributed by atoms with Crippen molar-refractivity contribution in [1.29, 1.82) is 0 Å². The van der Waals surface area contributed by atoms with E-state index in [1.165, 1.54) is 19.9 Å². The summed E-state index contributed by atoms with van der Waals surface area (Å²) >= 11 is 2.54. The molecular formula is C55H52BrF27O2S. The van der Waals surface area contributed by atoms with E-state index < -0.39 is 129 Å². The first kappa shape index (κ1) is 78.7. The molecule has 0 heterocycles. The van der Waals surface area contributed by atoms with Crippen LogP contribution in [0.4, 0.5) is 119 Å². The van der Waals surface area contributed by atoms with Crippen LogP contribution < -0.4 is 9.47 Å². The summed E-state index contributed by atoms with van der Waals surface area (Å²) in [5.74, 6) is -2.98. The number of thioether (sulfide) groups is 1. The first-order valence-corrected chi connectivity index (χ1v) is 25.9. The van der Waals surface area contributed by atoms with Crippen molar-refractivity contribution >= 4 is 27.7 Å². The Morgan fingerprint density at radius 1 is 0.326 bits per heavy atom. The van der Waals surface area contributed by atoms with E-state index in [0.717, 1.165) is 54.6 Å². The minimum Gasteiger partial charge on any atom is -0.428 e. The Labute approximate surface area is 487 Å². The molecule has 486 valence electrons. The molecule has 0 N–H and O–H groups in total. The summed E-state index contributed by atoms with van der Waals surface area (Å²) in [5, 5.41) is 0. The van der Waals surface area contributed by atoms with Crippen molar-refractivity contribution in [2.45, 2.75) is 165 Å². The van der Waals surface area contributed by atoms with Crippen molar-refractivity contribution in [3.63, 3.8) is 0 Å². The lowest BCUT2D eigenvalue weighted by atomic mass is 9.97. The van der Waals surface area contributed by atoms with Gasteiger partial charge in [0, 0.05) is 14.9 Å². The Hall–Kier alpha value is -5.36. The molecular weight excluding hydrogens is 1320 g/mol. The Morgan fingerprint density at radius 2 is 0.605 bits per heavy atom. The van der Waals surface area contributed by atoms with E-state index in [2.05, 4.69) is 25.4 Å². The van der Waals surface area contributed by atoms with Gasteiger partial charge in [-0.05, 0) is 160 Å². The van der Waals surface area contributed by atoms with Crippen molar-refractivity contribution in [3.8, 4) is 11.5 Å². The Kier molecular flexibility index (Phi) is 28.1. The monoisotopic (exact) mass is 1370 g/mol. The number of halogens is 28. The van der Waals surface area contributed by atoms with Crippen molar-refractivity contribution in [2.24, 2.45) is 0 Å². The first-order chi connectivity index (χ1) is 38.4. The van der Waals surface area contributed by atoms with Crippen molar-refractivity contribution in [3.05, 3.63) is 157 Å². The lowest BCUT2D eigenvalue weighted by Crippen LogP contribution is -2.33. The summed E-state index contributed by atoms with van der Waals surface area (Å²) in [6.45, 7) is 16.5. The molecule has 0 atom stereocenters. The molecule has 2 nitrogen and oxygen atoms in total. The third-order valence-electron chi connectivity index (χ3n) is 10.9. The Balaban J connectivity index is 0.000000540. The molecule has 0 aliphatic heterocycles. The highest BCUT2D eigenvalue weighted by Gasteiger charge is 2.45. The van der Waals surface area contributed by atoms with Crippen LogP contribution in [-0.4, -0.2) is 24.4 Å². The predicted molar refractivity (Wildman–Crippen MR) is 270 cm³/mol. The minimum atomic E-state index is -5.02. The SMILES string of the molecule is CC(C)c1cc(Br)cc(C(F)(F)F)c1.CC(C)c1cc(C(F)F)cc(C(F)(F)F)c1.CC(C)c1cc(OC(F)(F)C(F)F)cc(C(F)(F)F)c1.CC(C)c1cc(OC(F)(F)F)cc(C(F)(F)F)c1.CC(C)c1cc(SC(F)(F)F)cc(C(F)(F)F)c1. The van der Waals surface area contributed by atoms with Gasteiger partial charge in [-0.15, -0.1) is 13.2 Å². The number of hydrogen-bond acceptors (Lipinski definition) is 3. The molecule has 5 aromatic rings. The van der Waals surface area contributed by atoms with E-state index >= 15 is 0 Å². The Bertz CT molecular complexity index is 2800. The van der Waals surface area contributed by atoms with E-state index in [9.17, 15) is 119 Å². The lowest BCUT2D eigenvalue weighted by molar-refractivity contribution is -0.274. The third-order valence-corrected chi connectivity index (χ3v) is 12.0. The molecule has 86 heavy (non-hydrogen) atoms. The number of ether oxygens (including phenoxy) is 2. The number of hydrogen-bond donors (Lipinski definition) is 0. The van der Waals surface area contributed by atoms with Crippen molar-refractivity contribution < 1.29 is 128 Å². The summed E-state index contributed by atoms with van der Waals surface area (Å²) in [6, 6.07) is 13.1. The maximum atomic E-state index is 12.7. The van der Waals surface area contributed by atoms with E-state index in [-0.39, 0.29) is 52.0 Å². The molecule has 31 heteroatoms. The summed E-state index contributed by atoms with van der Waals surface area (Å²) in [7, 11) is 0. The van der Waals surface area contributed by atoms with Gasteiger partial charge in [-0.1, -0.05) is 85.2 Å². The van der Waals surface area contributed by atoms with Crippen LogP contribution in [0.15, 0.2) is 100 Å². The molecule has 0 aromatic heterocycles. The third kappa shape index (κ3) is 28.2. The number of rotatable bonds is 11. The van der Waals surface area contributed by atoms with Gasteiger partial charge in [-0.2, -0.15) is 96.6 Å². The van der Waals surface area contributed by atoms with Gasteiger partial charge in [0.2, 0.25) is 0 Å². The molecule has 0 amide bonds. The van der Waals surface area contributed by atoms with Crippen molar-refractivity contribution in [1.82, 2.24) is 0 Å². The van der Waals surface area contributed by atoms with Gasteiger partial charge >= 0.3 is 55.3 Å². The normalized spacial score (nSPS) is 12.8. The summed E-state index contributed by atoms with van der Waals surface area (Å²) in [5.41, 5.74) is -8.88. The molecule has 0 saturated carbocycles. The summed E-state index contributed by atoms with van der Waals surface area (Å²) in [4.78, 5) is -0.443. The van der Waals surface area contributed by atoms with Crippen LogP contribution in [0.25, 0.3) is 0 Å². The maximum absolute atomic E-state index is 12.7. The second-order valence-corrected chi connectivity index (χ2v) is 21.7. The first-order valence-electron chi connectivity index (χ1n) is 24.3. The molecule has 0 radical (unpaired) electrons. The topological polar surface area (TPSA) is 18.5 Å².